The van der Waals surface area contributed by atoms with Crippen LogP contribution in [0.5, 0.6) is 0 Å². The molecule has 0 unspecified atom stereocenters. The van der Waals surface area contributed by atoms with E-state index in [0.29, 0.717) is 35.5 Å². The van der Waals surface area contributed by atoms with Crippen LogP contribution in [-0.2, 0) is 4.74 Å². The van der Waals surface area contributed by atoms with E-state index in [-0.39, 0.29) is 5.91 Å². The summed E-state index contributed by atoms with van der Waals surface area (Å²) in [7, 11) is 0. The standard InChI is InChI=1S/C15H21ClN2O2/c16-11-6-7-13(14(17)10-11)15(19)18-8-9-20-12-4-2-1-3-5-12/h6-7,10,12H,1-5,8-9,17H2,(H,18,19). The quantitative estimate of drug-likeness (QED) is 0.648. The minimum absolute atomic E-state index is 0.189. The SMILES string of the molecule is Nc1cc(Cl)ccc1C(=O)NCCOC1CCCCC1. The summed E-state index contributed by atoms with van der Waals surface area (Å²) in [5.41, 5.74) is 6.61. The molecule has 4 nitrogen and oxygen atoms in total. The van der Waals surface area contributed by atoms with Crippen LogP contribution in [0.3, 0.4) is 0 Å². The third-order valence-corrected chi connectivity index (χ3v) is 3.79. The van der Waals surface area contributed by atoms with Gasteiger partial charge in [-0.15, -0.1) is 0 Å². The van der Waals surface area contributed by atoms with E-state index in [0.717, 1.165) is 12.8 Å². The summed E-state index contributed by atoms with van der Waals surface area (Å²) in [5, 5.41) is 3.34. The first-order chi connectivity index (χ1) is 9.66. The van der Waals surface area contributed by atoms with E-state index in [1.807, 2.05) is 0 Å². The molecular weight excluding hydrogens is 276 g/mol. The minimum Gasteiger partial charge on any atom is -0.398 e. The van der Waals surface area contributed by atoms with Gasteiger partial charge >= 0.3 is 0 Å². The number of halogens is 1. The zero-order valence-electron chi connectivity index (χ0n) is 11.5. The van der Waals surface area contributed by atoms with Gasteiger partial charge in [-0.05, 0) is 31.0 Å². The summed E-state index contributed by atoms with van der Waals surface area (Å²) in [6.07, 6.45) is 6.44. The molecule has 20 heavy (non-hydrogen) atoms. The lowest BCUT2D eigenvalue weighted by molar-refractivity contribution is 0.0299. The predicted octanol–water partition coefficient (Wildman–Crippen LogP) is 3.00. The molecule has 0 aromatic heterocycles. The first-order valence-corrected chi connectivity index (χ1v) is 7.49. The fourth-order valence-corrected chi connectivity index (χ4v) is 2.64. The van der Waals surface area contributed by atoms with Crippen LogP contribution < -0.4 is 11.1 Å². The molecule has 0 atom stereocenters. The van der Waals surface area contributed by atoms with Gasteiger partial charge in [-0.1, -0.05) is 30.9 Å². The van der Waals surface area contributed by atoms with E-state index in [4.69, 9.17) is 22.1 Å². The van der Waals surface area contributed by atoms with Crippen molar-refractivity contribution in [2.24, 2.45) is 0 Å². The number of hydrogen-bond acceptors (Lipinski definition) is 3. The number of rotatable bonds is 5. The first kappa shape index (κ1) is 15.1. The summed E-state index contributed by atoms with van der Waals surface area (Å²) < 4.78 is 5.75. The van der Waals surface area contributed by atoms with Crippen LogP contribution in [-0.4, -0.2) is 25.2 Å². The van der Waals surface area contributed by atoms with Crippen LogP contribution in [0, 0.1) is 0 Å². The van der Waals surface area contributed by atoms with Crippen LogP contribution in [0.25, 0.3) is 0 Å². The smallest absolute Gasteiger partial charge is 0.253 e. The second kappa shape index (κ2) is 7.50. The highest BCUT2D eigenvalue weighted by atomic mass is 35.5. The Labute approximate surface area is 124 Å². The van der Waals surface area contributed by atoms with Crippen molar-refractivity contribution in [3.8, 4) is 0 Å². The Morgan fingerprint density at radius 3 is 2.80 bits per heavy atom. The van der Waals surface area contributed by atoms with Crippen molar-refractivity contribution in [3.05, 3.63) is 28.8 Å². The molecule has 110 valence electrons. The van der Waals surface area contributed by atoms with Crippen molar-refractivity contribution in [1.29, 1.82) is 0 Å². The molecule has 1 amide bonds. The molecule has 2 rings (SSSR count). The summed E-state index contributed by atoms with van der Waals surface area (Å²) in [6, 6.07) is 4.87. The predicted molar refractivity (Wildman–Crippen MR) is 81.0 cm³/mol. The molecule has 3 N–H and O–H groups in total. The maximum Gasteiger partial charge on any atom is 0.253 e. The Balaban J connectivity index is 1.72. The fraction of sp³-hybridized carbons (Fsp3) is 0.533. The van der Waals surface area contributed by atoms with Crippen molar-refractivity contribution in [3.63, 3.8) is 0 Å². The highest BCUT2D eigenvalue weighted by Crippen LogP contribution is 2.20. The van der Waals surface area contributed by atoms with E-state index in [2.05, 4.69) is 5.32 Å². The van der Waals surface area contributed by atoms with Crippen molar-refractivity contribution >= 4 is 23.2 Å². The van der Waals surface area contributed by atoms with Gasteiger partial charge in [0, 0.05) is 17.3 Å². The normalized spacial score (nSPS) is 16.1. The summed E-state index contributed by atoms with van der Waals surface area (Å²) in [6.45, 7) is 1.04. The van der Waals surface area contributed by atoms with Crippen molar-refractivity contribution in [2.75, 3.05) is 18.9 Å². The van der Waals surface area contributed by atoms with Gasteiger partial charge in [0.15, 0.2) is 0 Å². The number of nitrogens with two attached hydrogens (primary N) is 1. The van der Waals surface area contributed by atoms with Gasteiger partial charge < -0.3 is 15.8 Å². The van der Waals surface area contributed by atoms with Crippen molar-refractivity contribution in [1.82, 2.24) is 5.32 Å². The molecule has 1 aromatic carbocycles. The van der Waals surface area contributed by atoms with E-state index >= 15 is 0 Å². The molecule has 1 aliphatic carbocycles. The largest absolute Gasteiger partial charge is 0.398 e. The van der Waals surface area contributed by atoms with Crippen molar-refractivity contribution < 1.29 is 9.53 Å². The fourth-order valence-electron chi connectivity index (χ4n) is 2.46. The summed E-state index contributed by atoms with van der Waals surface area (Å²) >= 11 is 5.80. The van der Waals surface area contributed by atoms with Gasteiger partial charge in [0.05, 0.1) is 18.3 Å². The van der Waals surface area contributed by atoms with Crippen LogP contribution >= 0.6 is 11.6 Å². The molecule has 0 spiro atoms. The second-order valence-electron chi connectivity index (χ2n) is 5.12. The molecule has 0 bridgehead atoms. The number of nitrogen functional groups attached to an aromatic ring is 1. The number of hydrogen-bond donors (Lipinski definition) is 2. The second-order valence-corrected chi connectivity index (χ2v) is 5.55. The van der Waals surface area contributed by atoms with Gasteiger partial charge in [0.2, 0.25) is 0 Å². The molecule has 1 aromatic rings. The maximum atomic E-state index is 11.9. The Kier molecular flexibility index (Phi) is 5.68. The summed E-state index contributed by atoms with van der Waals surface area (Å²) in [4.78, 5) is 11.9. The maximum absolute atomic E-state index is 11.9. The monoisotopic (exact) mass is 296 g/mol. The van der Waals surface area contributed by atoms with Gasteiger partial charge in [-0.25, -0.2) is 0 Å². The van der Waals surface area contributed by atoms with Gasteiger partial charge in [-0.2, -0.15) is 0 Å². The molecule has 0 radical (unpaired) electrons. The third-order valence-electron chi connectivity index (χ3n) is 3.55. The molecule has 1 saturated carbocycles. The molecule has 1 fully saturated rings. The van der Waals surface area contributed by atoms with E-state index < -0.39 is 0 Å². The lowest BCUT2D eigenvalue weighted by Gasteiger charge is -2.22. The van der Waals surface area contributed by atoms with Gasteiger partial charge in [-0.3, -0.25) is 4.79 Å². The zero-order valence-corrected chi connectivity index (χ0v) is 12.3. The Morgan fingerprint density at radius 2 is 2.10 bits per heavy atom. The molecule has 0 heterocycles. The number of carbonyl (C=O) groups excluding carboxylic acids is 1. The average Bonchev–Trinajstić information content (AvgIpc) is 2.44. The highest BCUT2D eigenvalue weighted by molar-refractivity contribution is 6.31. The number of benzene rings is 1. The van der Waals surface area contributed by atoms with Crippen LogP contribution in [0.2, 0.25) is 5.02 Å². The molecule has 0 aliphatic heterocycles. The van der Waals surface area contributed by atoms with Gasteiger partial charge in [0.25, 0.3) is 5.91 Å². The summed E-state index contributed by atoms with van der Waals surface area (Å²) in [5.74, 6) is -0.189. The van der Waals surface area contributed by atoms with E-state index in [1.165, 1.54) is 19.3 Å². The number of nitrogens with one attached hydrogen (secondary N) is 1. The molecule has 1 aliphatic rings. The van der Waals surface area contributed by atoms with Crippen LogP contribution in [0.15, 0.2) is 18.2 Å². The number of anilines is 1. The third kappa shape index (κ3) is 4.39. The van der Waals surface area contributed by atoms with E-state index in [9.17, 15) is 4.79 Å². The topological polar surface area (TPSA) is 64.4 Å². The Hall–Kier alpha value is -1.26. The van der Waals surface area contributed by atoms with Gasteiger partial charge in [0.1, 0.15) is 0 Å². The van der Waals surface area contributed by atoms with Crippen LogP contribution in [0.4, 0.5) is 5.69 Å². The highest BCUT2D eigenvalue weighted by Gasteiger charge is 2.14. The zero-order chi connectivity index (χ0) is 14.4. The lowest BCUT2D eigenvalue weighted by Crippen LogP contribution is -2.29. The number of carbonyl (C=O) groups is 1. The Morgan fingerprint density at radius 1 is 1.35 bits per heavy atom. The van der Waals surface area contributed by atoms with Crippen molar-refractivity contribution in [2.45, 2.75) is 38.2 Å². The molecular formula is C15H21ClN2O2. The number of ether oxygens (including phenoxy) is 1. The van der Waals surface area contributed by atoms with E-state index in [1.54, 1.807) is 18.2 Å². The number of amides is 1. The Bertz CT molecular complexity index is 459. The molecule has 5 heteroatoms. The average molecular weight is 297 g/mol. The minimum atomic E-state index is -0.189. The van der Waals surface area contributed by atoms with Crippen LogP contribution in [0.1, 0.15) is 42.5 Å². The molecule has 0 saturated heterocycles. The lowest BCUT2D eigenvalue weighted by atomic mass is 9.98. The first-order valence-electron chi connectivity index (χ1n) is 7.11.